The molecule has 2 aromatic heterocycles. The minimum absolute atomic E-state index is 0.0480. The van der Waals surface area contributed by atoms with Crippen LogP contribution in [0.25, 0.3) is 21.9 Å². The van der Waals surface area contributed by atoms with Gasteiger partial charge in [0.05, 0.1) is 31.1 Å². The maximum atomic E-state index is 12.6. The van der Waals surface area contributed by atoms with Crippen molar-refractivity contribution in [1.29, 1.82) is 0 Å². The highest BCUT2D eigenvalue weighted by Gasteiger charge is 2.20. The Kier molecular flexibility index (Phi) is 6.89. The summed E-state index contributed by atoms with van der Waals surface area (Å²) in [5.41, 5.74) is 3.54. The van der Waals surface area contributed by atoms with Crippen LogP contribution in [0.5, 0.6) is 0 Å². The van der Waals surface area contributed by atoms with Gasteiger partial charge < -0.3 is 10.1 Å². The Bertz CT molecular complexity index is 1150. The monoisotopic (exact) mass is 462 g/mol. The van der Waals surface area contributed by atoms with Crippen LogP contribution in [0.15, 0.2) is 36.7 Å². The van der Waals surface area contributed by atoms with E-state index in [0.29, 0.717) is 19.0 Å². The van der Waals surface area contributed by atoms with Gasteiger partial charge in [-0.3, -0.25) is 19.3 Å². The SMILES string of the molecule is CC1CN(CC(=O)Nc2cc3cc(-c4cnn(C)c4CN4CCCCC4)ccc3cn2)CCO1. The van der Waals surface area contributed by atoms with Crippen LogP contribution in [0.3, 0.4) is 0 Å². The van der Waals surface area contributed by atoms with Crippen LogP contribution in [0, 0.1) is 0 Å². The maximum Gasteiger partial charge on any atom is 0.239 e. The molecule has 5 rings (SSSR count). The number of pyridine rings is 1. The van der Waals surface area contributed by atoms with Crippen molar-refractivity contribution in [3.8, 4) is 11.1 Å². The molecule has 2 aliphatic heterocycles. The fraction of sp³-hybridized carbons (Fsp3) is 0.500. The van der Waals surface area contributed by atoms with Crippen molar-refractivity contribution < 1.29 is 9.53 Å². The van der Waals surface area contributed by atoms with Crippen molar-refractivity contribution >= 4 is 22.5 Å². The van der Waals surface area contributed by atoms with Crippen LogP contribution in [-0.2, 0) is 23.1 Å². The van der Waals surface area contributed by atoms with Gasteiger partial charge in [0.2, 0.25) is 5.91 Å². The molecule has 2 fully saturated rings. The Morgan fingerprint density at radius 1 is 1.09 bits per heavy atom. The molecule has 1 aromatic carbocycles. The molecular weight excluding hydrogens is 428 g/mol. The molecule has 0 aliphatic carbocycles. The number of nitrogens with zero attached hydrogens (tertiary/aromatic N) is 5. The van der Waals surface area contributed by atoms with Crippen molar-refractivity contribution in [3.05, 3.63) is 42.4 Å². The molecule has 1 unspecified atom stereocenters. The number of fused-ring (bicyclic) bond motifs is 1. The fourth-order valence-corrected chi connectivity index (χ4v) is 5.02. The molecule has 180 valence electrons. The number of rotatable bonds is 6. The topological polar surface area (TPSA) is 75.5 Å². The van der Waals surface area contributed by atoms with Gasteiger partial charge in [0.25, 0.3) is 0 Å². The zero-order valence-electron chi connectivity index (χ0n) is 20.2. The van der Waals surface area contributed by atoms with Gasteiger partial charge in [-0.25, -0.2) is 4.98 Å². The van der Waals surface area contributed by atoms with Crippen molar-refractivity contribution in [2.24, 2.45) is 7.05 Å². The second-order valence-corrected chi connectivity index (χ2v) is 9.56. The number of amides is 1. The molecule has 4 heterocycles. The number of carbonyl (C=O) groups excluding carboxylic acids is 1. The third kappa shape index (κ3) is 5.29. The highest BCUT2D eigenvalue weighted by atomic mass is 16.5. The van der Waals surface area contributed by atoms with E-state index in [4.69, 9.17) is 4.74 Å². The third-order valence-electron chi connectivity index (χ3n) is 6.88. The number of benzene rings is 1. The summed E-state index contributed by atoms with van der Waals surface area (Å²) in [7, 11) is 2.02. The highest BCUT2D eigenvalue weighted by Crippen LogP contribution is 2.29. The quantitative estimate of drug-likeness (QED) is 0.606. The van der Waals surface area contributed by atoms with Gasteiger partial charge in [0, 0.05) is 43.8 Å². The number of likely N-dealkylation sites (tertiary alicyclic amines) is 1. The normalized spacial score (nSPS) is 20.0. The van der Waals surface area contributed by atoms with Crippen molar-refractivity contribution in [1.82, 2.24) is 24.6 Å². The standard InChI is InChI=1S/C26H34N6O2/c1-19-16-32(10-11-34-19)18-26(33)29-25-13-22-12-20(6-7-21(22)14-27-25)23-15-28-30(2)24(23)17-31-8-4-3-5-9-31/h6-7,12-15,19H,3-5,8-11,16-18H2,1-2H3,(H,27,29,33). The maximum absolute atomic E-state index is 12.6. The molecule has 0 bridgehead atoms. The lowest BCUT2D eigenvalue weighted by atomic mass is 10.0. The van der Waals surface area contributed by atoms with Gasteiger partial charge in [-0.1, -0.05) is 18.6 Å². The number of aryl methyl sites for hydroxylation is 1. The van der Waals surface area contributed by atoms with Gasteiger partial charge >= 0.3 is 0 Å². The van der Waals surface area contributed by atoms with E-state index in [9.17, 15) is 4.79 Å². The molecule has 34 heavy (non-hydrogen) atoms. The molecular formula is C26H34N6O2. The van der Waals surface area contributed by atoms with Gasteiger partial charge in [-0.15, -0.1) is 0 Å². The molecule has 2 saturated heterocycles. The first-order valence-electron chi connectivity index (χ1n) is 12.3. The zero-order valence-corrected chi connectivity index (χ0v) is 20.2. The van der Waals surface area contributed by atoms with Crippen LogP contribution in [0.4, 0.5) is 5.82 Å². The number of morpholine rings is 1. The summed E-state index contributed by atoms with van der Waals surface area (Å²) in [5.74, 6) is 0.531. The second kappa shape index (κ2) is 10.2. The Morgan fingerprint density at radius 3 is 2.76 bits per heavy atom. The predicted molar refractivity (Wildman–Crippen MR) is 134 cm³/mol. The lowest BCUT2D eigenvalue weighted by molar-refractivity contribution is -0.119. The molecule has 1 atom stereocenters. The molecule has 1 N–H and O–H groups in total. The van der Waals surface area contributed by atoms with Crippen molar-refractivity contribution in [2.75, 3.05) is 44.6 Å². The molecule has 2 aliphatic rings. The van der Waals surface area contributed by atoms with Gasteiger partial charge in [-0.2, -0.15) is 5.10 Å². The van der Waals surface area contributed by atoms with E-state index < -0.39 is 0 Å². The summed E-state index contributed by atoms with van der Waals surface area (Å²) in [6.07, 6.45) is 7.82. The zero-order chi connectivity index (χ0) is 23.5. The number of nitrogens with one attached hydrogen (secondary N) is 1. The molecule has 1 amide bonds. The summed E-state index contributed by atoms with van der Waals surface area (Å²) >= 11 is 0. The van der Waals surface area contributed by atoms with E-state index in [1.165, 1.54) is 30.5 Å². The molecule has 0 spiro atoms. The summed E-state index contributed by atoms with van der Waals surface area (Å²) in [5, 5.41) is 9.63. The molecule has 0 radical (unpaired) electrons. The van der Waals surface area contributed by atoms with E-state index in [2.05, 4.69) is 43.4 Å². The van der Waals surface area contributed by atoms with Crippen molar-refractivity contribution in [2.45, 2.75) is 38.8 Å². The minimum atomic E-state index is -0.0480. The Hall–Kier alpha value is -2.81. The van der Waals surface area contributed by atoms with Gasteiger partial charge in [0.1, 0.15) is 5.82 Å². The van der Waals surface area contributed by atoms with E-state index in [1.807, 2.05) is 37.1 Å². The molecule has 8 nitrogen and oxygen atoms in total. The molecule has 3 aromatic rings. The van der Waals surface area contributed by atoms with Crippen LogP contribution < -0.4 is 5.32 Å². The number of anilines is 1. The van der Waals surface area contributed by atoms with E-state index in [1.54, 1.807) is 0 Å². The first-order chi connectivity index (χ1) is 16.5. The lowest BCUT2D eigenvalue weighted by Crippen LogP contribution is -2.44. The number of aromatic nitrogens is 3. The van der Waals surface area contributed by atoms with E-state index in [-0.39, 0.29) is 12.0 Å². The van der Waals surface area contributed by atoms with E-state index in [0.717, 1.165) is 49.1 Å². The summed E-state index contributed by atoms with van der Waals surface area (Å²) in [6.45, 7) is 7.82. The first kappa shape index (κ1) is 23.0. The smallest absolute Gasteiger partial charge is 0.239 e. The average molecular weight is 463 g/mol. The Morgan fingerprint density at radius 2 is 1.94 bits per heavy atom. The Labute approximate surface area is 200 Å². The van der Waals surface area contributed by atoms with Gasteiger partial charge in [-0.05, 0) is 55.9 Å². The third-order valence-corrected chi connectivity index (χ3v) is 6.88. The minimum Gasteiger partial charge on any atom is -0.376 e. The summed E-state index contributed by atoms with van der Waals surface area (Å²) in [4.78, 5) is 21.7. The summed E-state index contributed by atoms with van der Waals surface area (Å²) < 4.78 is 7.56. The summed E-state index contributed by atoms with van der Waals surface area (Å²) in [6, 6.07) is 8.36. The lowest BCUT2D eigenvalue weighted by Gasteiger charge is -2.30. The molecule has 0 saturated carbocycles. The van der Waals surface area contributed by atoms with Crippen LogP contribution in [0.1, 0.15) is 31.9 Å². The second-order valence-electron chi connectivity index (χ2n) is 9.56. The fourth-order valence-electron chi connectivity index (χ4n) is 5.02. The van der Waals surface area contributed by atoms with Crippen LogP contribution in [0.2, 0.25) is 0 Å². The predicted octanol–water partition coefficient (Wildman–Crippen LogP) is 3.28. The number of piperidine rings is 1. The van der Waals surface area contributed by atoms with Crippen molar-refractivity contribution in [3.63, 3.8) is 0 Å². The number of hydrogen-bond acceptors (Lipinski definition) is 6. The number of carbonyl (C=O) groups is 1. The van der Waals surface area contributed by atoms with Gasteiger partial charge in [0.15, 0.2) is 0 Å². The van der Waals surface area contributed by atoms with E-state index >= 15 is 0 Å². The van der Waals surface area contributed by atoms with Crippen LogP contribution in [-0.4, -0.2) is 75.9 Å². The number of hydrogen-bond donors (Lipinski definition) is 1. The Balaban J connectivity index is 1.33. The largest absolute Gasteiger partial charge is 0.376 e. The van der Waals surface area contributed by atoms with Crippen LogP contribution >= 0.6 is 0 Å². The number of ether oxygens (including phenoxy) is 1. The highest BCUT2D eigenvalue weighted by molar-refractivity contribution is 5.95. The first-order valence-corrected chi connectivity index (χ1v) is 12.3. The molecule has 8 heteroatoms. The average Bonchev–Trinajstić information content (AvgIpc) is 3.19.